The summed E-state index contributed by atoms with van der Waals surface area (Å²) in [5.41, 5.74) is 0.348. The fraction of sp³-hybridized carbons (Fsp3) is 0.769. The van der Waals surface area contributed by atoms with Gasteiger partial charge in [0.05, 0.1) is 5.01 Å². The van der Waals surface area contributed by atoms with Crippen molar-refractivity contribution in [1.82, 2.24) is 10.3 Å². The van der Waals surface area contributed by atoms with Gasteiger partial charge in [0.1, 0.15) is 0 Å². The van der Waals surface area contributed by atoms with E-state index in [2.05, 4.69) is 29.5 Å². The molecule has 0 aliphatic carbocycles. The molecular weight excluding hydrogens is 232 g/mol. The first-order valence-electron chi connectivity index (χ1n) is 6.40. The van der Waals surface area contributed by atoms with E-state index in [-0.39, 0.29) is 0 Å². The molecule has 17 heavy (non-hydrogen) atoms. The van der Waals surface area contributed by atoms with Crippen LogP contribution in [-0.2, 0) is 11.2 Å². The predicted molar refractivity (Wildman–Crippen MR) is 71.4 cm³/mol. The fourth-order valence-corrected chi connectivity index (χ4v) is 3.09. The smallest absolute Gasteiger partial charge is 0.0930 e. The molecule has 0 radical (unpaired) electrons. The van der Waals surface area contributed by atoms with E-state index in [0.29, 0.717) is 11.5 Å². The Bertz CT molecular complexity index is 318. The van der Waals surface area contributed by atoms with Gasteiger partial charge in [0.15, 0.2) is 0 Å². The minimum Gasteiger partial charge on any atom is -0.381 e. The van der Waals surface area contributed by atoms with Gasteiger partial charge in [-0.15, -0.1) is 11.3 Å². The average Bonchev–Trinajstić information content (AvgIpc) is 2.80. The number of rotatable bonds is 5. The predicted octanol–water partition coefficient (Wildman–Crippen LogP) is 2.48. The minimum atomic E-state index is 0.348. The Kier molecular flexibility index (Phi) is 4.54. The zero-order chi connectivity index (χ0) is 12.1. The lowest BCUT2D eigenvalue weighted by Crippen LogP contribution is -2.42. The molecule has 2 heterocycles. The Morgan fingerprint density at radius 3 is 2.82 bits per heavy atom. The Labute approximate surface area is 108 Å². The van der Waals surface area contributed by atoms with Gasteiger partial charge >= 0.3 is 0 Å². The highest BCUT2D eigenvalue weighted by molar-refractivity contribution is 7.09. The SMILES string of the molecule is CC(C)NCC1(Cc2nccs2)CCOCC1. The van der Waals surface area contributed by atoms with Crippen LogP contribution in [0.2, 0.25) is 0 Å². The average molecular weight is 254 g/mol. The van der Waals surface area contributed by atoms with Crippen LogP contribution in [0.25, 0.3) is 0 Å². The van der Waals surface area contributed by atoms with Crippen molar-refractivity contribution in [2.45, 2.75) is 39.2 Å². The van der Waals surface area contributed by atoms with Crippen molar-refractivity contribution in [2.75, 3.05) is 19.8 Å². The van der Waals surface area contributed by atoms with Crippen molar-refractivity contribution >= 4 is 11.3 Å². The number of aromatic nitrogens is 1. The maximum absolute atomic E-state index is 5.51. The first-order valence-corrected chi connectivity index (χ1v) is 7.28. The molecule has 0 atom stereocenters. The third kappa shape index (κ3) is 3.76. The van der Waals surface area contributed by atoms with Crippen LogP contribution in [0, 0.1) is 5.41 Å². The topological polar surface area (TPSA) is 34.2 Å². The summed E-state index contributed by atoms with van der Waals surface area (Å²) in [5, 5.41) is 6.92. The molecule has 0 saturated carbocycles. The summed E-state index contributed by atoms with van der Waals surface area (Å²) < 4.78 is 5.51. The summed E-state index contributed by atoms with van der Waals surface area (Å²) in [6.45, 7) is 7.27. The molecular formula is C13H22N2OS. The number of thiazole rings is 1. The van der Waals surface area contributed by atoms with Crippen molar-refractivity contribution in [3.63, 3.8) is 0 Å². The van der Waals surface area contributed by atoms with E-state index in [0.717, 1.165) is 39.0 Å². The highest BCUT2D eigenvalue weighted by Crippen LogP contribution is 2.34. The maximum Gasteiger partial charge on any atom is 0.0930 e. The molecule has 3 nitrogen and oxygen atoms in total. The number of ether oxygens (including phenoxy) is 1. The molecule has 1 aromatic heterocycles. The van der Waals surface area contributed by atoms with Gasteiger partial charge in [0, 0.05) is 43.8 Å². The summed E-state index contributed by atoms with van der Waals surface area (Å²) >= 11 is 1.77. The first kappa shape index (κ1) is 13.0. The molecule has 0 amide bonds. The molecule has 1 aliphatic rings. The van der Waals surface area contributed by atoms with Crippen LogP contribution in [0.15, 0.2) is 11.6 Å². The number of nitrogens with zero attached hydrogens (tertiary/aromatic N) is 1. The molecule has 1 saturated heterocycles. The van der Waals surface area contributed by atoms with E-state index in [1.165, 1.54) is 5.01 Å². The van der Waals surface area contributed by atoms with E-state index in [1.54, 1.807) is 11.3 Å². The van der Waals surface area contributed by atoms with Gasteiger partial charge in [0.2, 0.25) is 0 Å². The Balaban J connectivity index is 2.00. The lowest BCUT2D eigenvalue weighted by atomic mass is 9.77. The van der Waals surface area contributed by atoms with Crippen LogP contribution in [0.4, 0.5) is 0 Å². The quantitative estimate of drug-likeness (QED) is 0.876. The molecule has 1 aromatic rings. The van der Waals surface area contributed by atoms with Gasteiger partial charge in [-0.05, 0) is 18.3 Å². The van der Waals surface area contributed by atoms with Crippen LogP contribution < -0.4 is 5.32 Å². The largest absolute Gasteiger partial charge is 0.381 e. The number of hydrogen-bond acceptors (Lipinski definition) is 4. The second kappa shape index (κ2) is 5.94. The van der Waals surface area contributed by atoms with Crippen molar-refractivity contribution in [1.29, 1.82) is 0 Å². The summed E-state index contributed by atoms with van der Waals surface area (Å²) in [4.78, 5) is 4.43. The normalized spacial score (nSPS) is 19.7. The molecule has 4 heteroatoms. The molecule has 1 fully saturated rings. The molecule has 2 rings (SSSR count). The zero-order valence-corrected chi connectivity index (χ0v) is 11.6. The molecule has 1 aliphatic heterocycles. The lowest BCUT2D eigenvalue weighted by Gasteiger charge is -2.37. The maximum atomic E-state index is 5.51. The summed E-state index contributed by atoms with van der Waals surface area (Å²) in [6, 6.07) is 0.547. The van der Waals surface area contributed by atoms with Crippen LogP contribution in [0.1, 0.15) is 31.7 Å². The molecule has 96 valence electrons. The van der Waals surface area contributed by atoms with E-state index < -0.39 is 0 Å². The van der Waals surface area contributed by atoms with Crippen LogP contribution in [0.3, 0.4) is 0 Å². The molecule has 0 spiro atoms. The summed E-state index contributed by atoms with van der Waals surface area (Å²) in [7, 11) is 0. The van der Waals surface area contributed by atoms with Gasteiger partial charge in [-0.2, -0.15) is 0 Å². The monoisotopic (exact) mass is 254 g/mol. The van der Waals surface area contributed by atoms with Crippen LogP contribution in [-0.4, -0.2) is 30.8 Å². The number of nitrogens with one attached hydrogen (secondary N) is 1. The summed E-state index contributed by atoms with van der Waals surface area (Å²) in [6.07, 6.45) is 5.29. The molecule has 0 bridgehead atoms. The van der Waals surface area contributed by atoms with Crippen molar-refractivity contribution in [2.24, 2.45) is 5.41 Å². The van der Waals surface area contributed by atoms with E-state index >= 15 is 0 Å². The third-order valence-electron chi connectivity index (χ3n) is 3.45. The Hall–Kier alpha value is -0.450. The summed E-state index contributed by atoms with van der Waals surface area (Å²) in [5.74, 6) is 0. The van der Waals surface area contributed by atoms with E-state index in [4.69, 9.17) is 4.74 Å². The highest BCUT2D eigenvalue weighted by atomic mass is 32.1. The fourth-order valence-electron chi connectivity index (χ4n) is 2.30. The Morgan fingerprint density at radius 2 is 2.24 bits per heavy atom. The second-order valence-corrected chi connectivity index (χ2v) is 6.23. The van der Waals surface area contributed by atoms with Gasteiger partial charge in [-0.1, -0.05) is 13.8 Å². The number of hydrogen-bond donors (Lipinski definition) is 1. The standard InChI is InChI=1S/C13H22N2OS/c1-11(2)15-10-13(3-6-16-7-4-13)9-12-14-5-8-17-12/h5,8,11,15H,3-4,6-7,9-10H2,1-2H3. The lowest BCUT2D eigenvalue weighted by molar-refractivity contribution is 0.0140. The van der Waals surface area contributed by atoms with E-state index in [9.17, 15) is 0 Å². The zero-order valence-electron chi connectivity index (χ0n) is 10.7. The van der Waals surface area contributed by atoms with Crippen molar-refractivity contribution < 1.29 is 4.74 Å². The molecule has 0 unspecified atom stereocenters. The van der Waals surface area contributed by atoms with Crippen molar-refractivity contribution in [3.8, 4) is 0 Å². The minimum absolute atomic E-state index is 0.348. The molecule has 0 aromatic carbocycles. The molecule has 1 N–H and O–H groups in total. The van der Waals surface area contributed by atoms with Gasteiger partial charge in [-0.25, -0.2) is 4.98 Å². The van der Waals surface area contributed by atoms with Gasteiger partial charge in [-0.3, -0.25) is 0 Å². The highest BCUT2D eigenvalue weighted by Gasteiger charge is 2.33. The Morgan fingerprint density at radius 1 is 1.47 bits per heavy atom. The van der Waals surface area contributed by atoms with Crippen LogP contribution >= 0.6 is 11.3 Å². The van der Waals surface area contributed by atoms with Crippen LogP contribution in [0.5, 0.6) is 0 Å². The van der Waals surface area contributed by atoms with Gasteiger partial charge < -0.3 is 10.1 Å². The second-order valence-electron chi connectivity index (χ2n) is 5.25. The third-order valence-corrected chi connectivity index (χ3v) is 4.23. The van der Waals surface area contributed by atoms with Crippen molar-refractivity contribution in [3.05, 3.63) is 16.6 Å². The van der Waals surface area contributed by atoms with Gasteiger partial charge in [0.25, 0.3) is 0 Å². The van der Waals surface area contributed by atoms with E-state index in [1.807, 2.05) is 6.20 Å². The first-order chi connectivity index (χ1) is 8.20.